The Morgan fingerprint density at radius 1 is 1.31 bits per heavy atom. The van der Waals surface area contributed by atoms with Crippen LogP contribution in [0.25, 0.3) is 22.4 Å². The van der Waals surface area contributed by atoms with Crippen LogP contribution in [-0.4, -0.2) is 51.2 Å². The number of nitrogens with one attached hydrogen (secondary N) is 1. The van der Waals surface area contributed by atoms with Gasteiger partial charge in [0.2, 0.25) is 0 Å². The van der Waals surface area contributed by atoms with Crippen LogP contribution in [0.4, 0.5) is 10.2 Å². The van der Waals surface area contributed by atoms with Crippen LogP contribution < -0.4 is 16.0 Å². The number of halogens is 1. The molecule has 2 N–H and O–H groups in total. The zero-order valence-electron chi connectivity index (χ0n) is 16.2. The monoisotopic (exact) mass is 399 g/mol. The quantitative estimate of drug-likeness (QED) is 0.695. The van der Waals surface area contributed by atoms with Gasteiger partial charge in [-0.2, -0.15) is 0 Å². The highest BCUT2D eigenvalue weighted by Crippen LogP contribution is 2.34. The first kappa shape index (κ1) is 18.1. The highest BCUT2D eigenvalue weighted by molar-refractivity contribution is 5.83. The van der Waals surface area contributed by atoms with Crippen molar-refractivity contribution in [3.05, 3.63) is 34.8 Å². The van der Waals surface area contributed by atoms with E-state index in [-0.39, 0.29) is 17.8 Å². The van der Waals surface area contributed by atoms with Gasteiger partial charge in [0, 0.05) is 37.8 Å². The van der Waals surface area contributed by atoms with Gasteiger partial charge in [0.05, 0.1) is 17.3 Å². The van der Waals surface area contributed by atoms with E-state index in [2.05, 4.69) is 15.5 Å². The number of fused-ring (bicyclic) bond motifs is 3. The molecule has 0 amide bonds. The zero-order valence-corrected chi connectivity index (χ0v) is 16.2. The van der Waals surface area contributed by atoms with Crippen molar-refractivity contribution in [2.45, 2.75) is 43.6 Å². The average Bonchev–Trinajstić information content (AvgIpc) is 3.25. The molecule has 1 aromatic carbocycles. The number of piperidine rings is 1. The lowest BCUT2D eigenvalue weighted by atomic mass is 9.96. The molecular weight excluding hydrogens is 377 g/mol. The molecule has 4 atom stereocenters. The fourth-order valence-corrected chi connectivity index (χ4v) is 4.54. The molecular formula is C20H22FN5O3. The van der Waals surface area contributed by atoms with Crippen LogP contribution in [0.5, 0.6) is 5.75 Å². The summed E-state index contributed by atoms with van der Waals surface area (Å²) in [6.45, 7) is 0. The maximum Gasteiger partial charge on any atom is 0.419 e. The Labute approximate surface area is 166 Å². The minimum absolute atomic E-state index is 0.0249. The summed E-state index contributed by atoms with van der Waals surface area (Å²) in [5.41, 5.74) is 1.71. The maximum absolute atomic E-state index is 14.8. The number of oxazole rings is 1. The predicted octanol–water partition coefficient (Wildman–Crippen LogP) is 1.96. The van der Waals surface area contributed by atoms with Gasteiger partial charge in [0.1, 0.15) is 11.9 Å². The molecule has 2 aliphatic rings. The smallest absolute Gasteiger partial charge is 0.419 e. The molecule has 0 radical (unpaired) electrons. The van der Waals surface area contributed by atoms with Crippen molar-refractivity contribution in [1.82, 2.24) is 20.1 Å². The van der Waals surface area contributed by atoms with Crippen LogP contribution in [0, 0.1) is 0 Å². The highest BCUT2D eigenvalue weighted by Gasteiger charge is 2.43. The van der Waals surface area contributed by atoms with E-state index < -0.39 is 11.9 Å². The number of hydrogen-bond acceptors (Lipinski definition) is 7. The maximum atomic E-state index is 14.8. The third-order valence-electron chi connectivity index (χ3n) is 6.25. The molecule has 2 aliphatic heterocycles. The molecule has 2 fully saturated rings. The lowest BCUT2D eigenvalue weighted by Gasteiger charge is -2.38. The zero-order chi connectivity index (χ0) is 20.3. The highest BCUT2D eigenvalue weighted by atomic mass is 19.1. The number of hydrogen-bond donors (Lipinski definition) is 2. The number of aromatic hydroxyl groups is 1. The number of alkyl halides is 1. The molecule has 9 heteroatoms. The summed E-state index contributed by atoms with van der Waals surface area (Å²) in [5.74, 6) is 0.0499. The van der Waals surface area contributed by atoms with Crippen molar-refractivity contribution in [3.63, 3.8) is 0 Å². The van der Waals surface area contributed by atoms with Gasteiger partial charge in [-0.15, -0.1) is 10.2 Å². The van der Waals surface area contributed by atoms with E-state index in [0.717, 1.165) is 19.3 Å². The van der Waals surface area contributed by atoms with E-state index >= 15 is 0 Å². The van der Waals surface area contributed by atoms with Gasteiger partial charge in [-0.25, -0.2) is 9.18 Å². The molecule has 0 spiro atoms. The van der Waals surface area contributed by atoms with E-state index in [0.29, 0.717) is 34.2 Å². The summed E-state index contributed by atoms with van der Waals surface area (Å²) in [6.07, 6.45) is 1.67. The molecule has 0 aliphatic carbocycles. The number of nitrogens with zero attached hydrogens (tertiary/aromatic N) is 4. The first-order valence-electron chi connectivity index (χ1n) is 9.72. The van der Waals surface area contributed by atoms with E-state index in [1.165, 1.54) is 10.6 Å². The lowest BCUT2D eigenvalue weighted by Crippen LogP contribution is -2.55. The minimum Gasteiger partial charge on any atom is -0.507 e. The predicted molar refractivity (Wildman–Crippen MR) is 106 cm³/mol. The molecule has 3 aromatic rings. The SMILES string of the molecule is CN(c1ccc(-c2cc3oc(=O)n(C)c3cc2O)nn1)[C@H]1CC2CCC(N2)[C@H]1F. The van der Waals surface area contributed by atoms with Gasteiger partial charge in [-0.1, -0.05) is 0 Å². The Balaban J connectivity index is 1.44. The molecule has 2 unspecified atom stereocenters. The van der Waals surface area contributed by atoms with Crippen molar-refractivity contribution < 1.29 is 13.9 Å². The van der Waals surface area contributed by atoms with Crippen LogP contribution in [0.1, 0.15) is 19.3 Å². The second kappa shape index (κ2) is 6.55. The minimum atomic E-state index is -0.951. The van der Waals surface area contributed by atoms with E-state index in [1.54, 1.807) is 25.2 Å². The summed E-state index contributed by atoms with van der Waals surface area (Å²) in [5, 5.41) is 22.2. The number of phenolic OH excluding ortho intramolecular Hbond substituents is 1. The van der Waals surface area contributed by atoms with Crippen LogP contribution in [0.15, 0.2) is 33.5 Å². The Hall–Kier alpha value is -2.94. The van der Waals surface area contributed by atoms with Gasteiger partial charge in [-0.05, 0) is 37.5 Å². The number of aromatic nitrogens is 3. The standard InChI is InChI=1S/C20H22FN5O3/c1-25(15-7-10-3-4-13(22-10)19(15)21)18-6-5-12(23-24-18)11-8-17-14(9-16(11)27)26(2)20(28)29-17/h5-6,8-10,13,15,19,22,27H,3-4,7H2,1-2H3/t10?,13?,15-,19+/m0/s1. The third-order valence-corrected chi connectivity index (χ3v) is 6.25. The fraction of sp³-hybridized carbons (Fsp3) is 0.450. The number of anilines is 1. The Morgan fingerprint density at radius 3 is 2.90 bits per heavy atom. The first-order valence-corrected chi connectivity index (χ1v) is 9.72. The second-order valence-electron chi connectivity index (χ2n) is 7.95. The lowest BCUT2D eigenvalue weighted by molar-refractivity contribution is 0.176. The van der Waals surface area contributed by atoms with Gasteiger partial charge in [0.25, 0.3) is 0 Å². The van der Waals surface area contributed by atoms with Gasteiger partial charge < -0.3 is 19.7 Å². The van der Waals surface area contributed by atoms with Crippen molar-refractivity contribution in [3.8, 4) is 17.0 Å². The summed E-state index contributed by atoms with van der Waals surface area (Å²) < 4.78 is 21.3. The number of phenols is 1. The van der Waals surface area contributed by atoms with Gasteiger partial charge in [0.15, 0.2) is 11.4 Å². The number of aryl methyl sites for hydroxylation is 1. The molecule has 4 heterocycles. The Kier molecular flexibility index (Phi) is 4.09. The second-order valence-corrected chi connectivity index (χ2v) is 7.95. The average molecular weight is 399 g/mol. The molecule has 2 aromatic heterocycles. The normalized spacial score (nSPS) is 26.2. The Bertz CT molecular complexity index is 1130. The number of benzene rings is 1. The number of rotatable bonds is 3. The fourth-order valence-electron chi connectivity index (χ4n) is 4.54. The largest absolute Gasteiger partial charge is 0.507 e. The van der Waals surface area contributed by atoms with Crippen molar-refractivity contribution in [1.29, 1.82) is 0 Å². The molecule has 152 valence electrons. The summed E-state index contributed by atoms with van der Waals surface area (Å²) in [4.78, 5) is 13.5. The summed E-state index contributed by atoms with van der Waals surface area (Å²) in [7, 11) is 3.41. The van der Waals surface area contributed by atoms with E-state index in [1.807, 2.05) is 11.9 Å². The molecule has 2 bridgehead atoms. The molecule has 8 nitrogen and oxygen atoms in total. The molecule has 5 rings (SSSR count). The van der Waals surface area contributed by atoms with Crippen molar-refractivity contribution in [2.75, 3.05) is 11.9 Å². The van der Waals surface area contributed by atoms with Crippen LogP contribution in [0.2, 0.25) is 0 Å². The van der Waals surface area contributed by atoms with Crippen molar-refractivity contribution >= 4 is 16.9 Å². The molecule has 0 saturated carbocycles. The molecule has 29 heavy (non-hydrogen) atoms. The summed E-state index contributed by atoms with van der Waals surface area (Å²) >= 11 is 0. The van der Waals surface area contributed by atoms with Crippen LogP contribution >= 0.6 is 0 Å². The topological polar surface area (TPSA) is 96.4 Å². The van der Waals surface area contributed by atoms with Crippen LogP contribution in [0.3, 0.4) is 0 Å². The van der Waals surface area contributed by atoms with E-state index in [9.17, 15) is 14.3 Å². The third kappa shape index (κ3) is 2.88. The van der Waals surface area contributed by atoms with E-state index in [4.69, 9.17) is 4.42 Å². The van der Waals surface area contributed by atoms with Crippen LogP contribution in [-0.2, 0) is 7.05 Å². The van der Waals surface area contributed by atoms with Gasteiger partial charge in [-0.3, -0.25) is 4.57 Å². The van der Waals surface area contributed by atoms with Crippen molar-refractivity contribution in [2.24, 2.45) is 7.05 Å². The van der Waals surface area contributed by atoms with Gasteiger partial charge >= 0.3 is 5.76 Å². The first-order chi connectivity index (χ1) is 13.9. The Morgan fingerprint density at radius 2 is 2.14 bits per heavy atom. The molecule has 2 saturated heterocycles. The summed E-state index contributed by atoms with van der Waals surface area (Å²) in [6, 6.07) is 6.57.